The zero-order valence-electron chi connectivity index (χ0n) is 14.8. The maximum atomic E-state index is 12.6. The van der Waals surface area contributed by atoms with Gasteiger partial charge in [0.05, 0.1) is 13.2 Å². The number of ether oxygens (including phenoxy) is 1. The van der Waals surface area contributed by atoms with Crippen LogP contribution in [0.3, 0.4) is 0 Å². The summed E-state index contributed by atoms with van der Waals surface area (Å²) in [7, 11) is 0. The van der Waals surface area contributed by atoms with Crippen molar-refractivity contribution >= 4 is 23.3 Å². The highest BCUT2D eigenvalue weighted by Crippen LogP contribution is 2.14. The van der Waals surface area contributed by atoms with Crippen molar-refractivity contribution in [3.8, 4) is 0 Å². The first-order valence-electron chi connectivity index (χ1n) is 8.57. The van der Waals surface area contributed by atoms with E-state index < -0.39 is 0 Å². The molecule has 0 aliphatic carbocycles. The van der Waals surface area contributed by atoms with Gasteiger partial charge in [0.25, 0.3) is 17.6 Å². The lowest BCUT2D eigenvalue weighted by Gasteiger charge is -2.26. The van der Waals surface area contributed by atoms with Gasteiger partial charge < -0.3 is 15.0 Å². The first-order chi connectivity index (χ1) is 13.1. The fourth-order valence-electron chi connectivity index (χ4n) is 2.93. The number of hydrogen-bond acceptors (Lipinski definition) is 6. The Labute approximate surface area is 155 Å². The summed E-state index contributed by atoms with van der Waals surface area (Å²) in [6.45, 7) is 4.08. The molecule has 0 spiro atoms. The van der Waals surface area contributed by atoms with Crippen LogP contribution in [-0.4, -0.2) is 62.6 Å². The fourth-order valence-corrected chi connectivity index (χ4v) is 2.93. The minimum atomic E-state index is -0.330. The molecule has 3 heterocycles. The first-order valence-corrected chi connectivity index (χ1v) is 8.57. The van der Waals surface area contributed by atoms with Crippen LogP contribution in [-0.2, 0) is 4.74 Å². The lowest BCUT2D eigenvalue weighted by molar-refractivity contribution is 0.0303. The lowest BCUT2D eigenvalue weighted by Crippen LogP contribution is -2.40. The summed E-state index contributed by atoms with van der Waals surface area (Å²) in [5.74, 6) is 0.000112. The molecule has 2 aromatic heterocycles. The third-order valence-corrected chi connectivity index (χ3v) is 4.30. The molecule has 1 N–H and O–H groups in total. The molecule has 0 bridgehead atoms. The maximum absolute atomic E-state index is 12.6. The summed E-state index contributed by atoms with van der Waals surface area (Å²) in [6, 6.07) is 8.47. The van der Waals surface area contributed by atoms with E-state index in [4.69, 9.17) is 4.74 Å². The Kier molecular flexibility index (Phi) is 4.51. The Morgan fingerprint density at radius 2 is 1.89 bits per heavy atom. The molecule has 0 saturated carbocycles. The van der Waals surface area contributed by atoms with E-state index in [1.165, 1.54) is 10.8 Å². The maximum Gasteiger partial charge on any atom is 0.274 e. The van der Waals surface area contributed by atoms with Crippen LogP contribution < -0.4 is 5.32 Å². The third-order valence-electron chi connectivity index (χ3n) is 4.30. The van der Waals surface area contributed by atoms with Crippen LogP contribution in [0.2, 0.25) is 0 Å². The predicted molar refractivity (Wildman–Crippen MR) is 96.6 cm³/mol. The van der Waals surface area contributed by atoms with Gasteiger partial charge in [0.15, 0.2) is 0 Å². The Hall–Kier alpha value is -3.33. The van der Waals surface area contributed by atoms with E-state index in [1.807, 2.05) is 0 Å². The molecule has 4 rings (SSSR count). The molecule has 0 atom stereocenters. The summed E-state index contributed by atoms with van der Waals surface area (Å²) in [6.07, 6.45) is 1.35. The Balaban J connectivity index is 1.50. The smallest absolute Gasteiger partial charge is 0.274 e. The monoisotopic (exact) mass is 366 g/mol. The molecule has 1 saturated heterocycles. The van der Waals surface area contributed by atoms with Crippen LogP contribution in [0.4, 0.5) is 5.69 Å². The van der Waals surface area contributed by atoms with Crippen LogP contribution >= 0.6 is 0 Å². The fraction of sp³-hybridized carbons (Fsp3) is 0.278. The number of aromatic nitrogens is 4. The molecular weight excluding hydrogens is 348 g/mol. The SMILES string of the molecule is Cc1cc(C(=O)Nc2ccc(C(=O)N3CCOCC3)cc2)n2ncnc2n1. The topological polar surface area (TPSA) is 102 Å². The van der Waals surface area contributed by atoms with Gasteiger partial charge in [0.1, 0.15) is 12.0 Å². The van der Waals surface area contributed by atoms with Gasteiger partial charge >= 0.3 is 0 Å². The van der Waals surface area contributed by atoms with E-state index in [-0.39, 0.29) is 11.8 Å². The number of morpholine rings is 1. The van der Waals surface area contributed by atoms with Crippen LogP contribution in [0.15, 0.2) is 36.7 Å². The van der Waals surface area contributed by atoms with E-state index in [2.05, 4.69) is 20.4 Å². The number of carbonyl (C=O) groups excluding carboxylic acids is 2. The van der Waals surface area contributed by atoms with Crippen molar-refractivity contribution in [1.82, 2.24) is 24.5 Å². The molecular formula is C18H18N6O3. The summed E-state index contributed by atoms with van der Waals surface area (Å²) in [4.78, 5) is 35.1. The molecule has 0 radical (unpaired) electrons. The molecule has 9 nitrogen and oxygen atoms in total. The van der Waals surface area contributed by atoms with Crippen molar-refractivity contribution in [1.29, 1.82) is 0 Å². The number of nitrogens with zero attached hydrogens (tertiary/aromatic N) is 5. The largest absolute Gasteiger partial charge is 0.378 e. The van der Waals surface area contributed by atoms with Crippen molar-refractivity contribution in [2.75, 3.05) is 31.6 Å². The minimum Gasteiger partial charge on any atom is -0.378 e. The zero-order chi connectivity index (χ0) is 18.8. The third kappa shape index (κ3) is 3.49. The average Bonchev–Trinajstić information content (AvgIpc) is 3.16. The van der Waals surface area contributed by atoms with Crippen LogP contribution in [0, 0.1) is 6.92 Å². The normalized spacial score (nSPS) is 14.3. The summed E-state index contributed by atoms with van der Waals surface area (Å²) < 4.78 is 6.65. The van der Waals surface area contributed by atoms with E-state index in [0.717, 1.165) is 0 Å². The number of anilines is 1. The van der Waals surface area contributed by atoms with Gasteiger partial charge in [-0.3, -0.25) is 9.59 Å². The number of amides is 2. The van der Waals surface area contributed by atoms with Crippen molar-refractivity contribution < 1.29 is 14.3 Å². The van der Waals surface area contributed by atoms with Crippen molar-refractivity contribution in [3.63, 3.8) is 0 Å². The highest BCUT2D eigenvalue weighted by atomic mass is 16.5. The van der Waals surface area contributed by atoms with Crippen molar-refractivity contribution in [2.45, 2.75) is 6.92 Å². The number of hydrogen-bond donors (Lipinski definition) is 1. The van der Waals surface area contributed by atoms with Crippen LogP contribution in [0.5, 0.6) is 0 Å². The Bertz CT molecular complexity index is 992. The predicted octanol–water partition coefficient (Wildman–Crippen LogP) is 1.16. The van der Waals surface area contributed by atoms with Gasteiger partial charge in [0, 0.05) is 30.0 Å². The van der Waals surface area contributed by atoms with Gasteiger partial charge in [-0.05, 0) is 37.3 Å². The molecule has 1 fully saturated rings. The Morgan fingerprint density at radius 3 is 2.63 bits per heavy atom. The minimum absolute atomic E-state index is 0.0368. The molecule has 1 aliphatic heterocycles. The van der Waals surface area contributed by atoms with E-state index >= 15 is 0 Å². The zero-order valence-corrected chi connectivity index (χ0v) is 14.8. The summed E-state index contributed by atoms with van der Waals surface area (Å²) in [5, 5.41) is 6.85. The number of rotatable bonds is 3. The number of aryl methyl sites for hydroxylation is 1. The summed E-state index contributed by atoms with van der Waals surface area (Å²) in [5.41, 5.74) is 2.17. The van der Waals surface area contributed by atoms with Crippen molar-refractivity contribution in [2.24, 2.45) is 0 Å². The molecule has 27 heavy (non-hydrogen) atoms. The van der Waals surface area contributed by atoms with Gasteiger partial charge in [0.2, 0.25) is 0 Å². The molecule has 1 aromatic carbocycles. The number of benzene rings is 1. The number of carbonyl (C=O) groups is 2. The second kappa shape index (κ2) is 7.12. The van der Waals surface area contributed by atoms with Crippen molar-refractivity contribution in [3.05, 3.63) is 53.6 Å². The highest BCUT2D eigenvalue weighted by molar-refractivity contribution is 6.03. The molecule has 9 heteroatoms. The van der Waals surface area contributed by atoms with Crippen LogP contribution in [0.25, 0.3) is 5.78 Å². The van der Waals surface area contributed by atoms with Gasteiger partial charge in [-0.2, -0.15) is 14.6 Å². The molecule has 0 unspecified atom stereocenters. The Morgan fingerprint density at radius 1 is 1.15 bits per heavy atom. The second-order valence-electron chi connectivity index (χ2n) is 6.19. The number of fused-ring (bicyclic) bond motifs is 1. The van der Waals surface area contributed by atoms with E-state index in [9.17, 15) is 9.59 Å². The highest BCUT2D eigenvalue weighted by Gasteiger charge is 2.19. The number of nitrogens with one attached hydrogen (secondary N) is 1. The second-order valence-corrected chi connectivity index (χ2v) is 6.19. The van der Waals surface area contributed by atoms with Gasteiger partial charge in [-0.15, -0.1) is 0 Å². The first kappa shape index (κ1) is 17.1. The van der Waals surface area contributed by atoms with Crippen LogP contribution in [0.1, 0.15) is 26.5 Å². The van der Waals surface area contributed by atoms with Gasteiger partial charge in [-0.1, -0.05) is 0 Å². The standard InChI is InChI=1S/C18H18N6O3/c1-12-10-15(24-18(21-12)19-11-20-24)16(25)22-14-4-2-13(3-5-14)17(26)23-6-8-27-9-7-23/h2-5,10-11H,6-9H2,1H3,(H,22,25). The molecule has 3 aromatic rings. The molecule has 1 aliphatic rings. The van der Waals surface area contributed by atoms with E-state index in [0.29, 0.717) is 54.7 Å². The average molecular weight is 366 g/mol. The molecule has 138 valence electrons. The quantitative estimate of drug-likeness (QED) is 0.746. The lowest BCUT2D eigenvalue weighted by atomic mass is 10.1. The summed E-state index contributed by atoms with van der Waals surface area (Å²) >= 11 is 0. The van der Waals surface area contributed by atoms with E-state index in [1.54, 1.807) is 42.2 Å². The molecule has 2 amide bonds. The van der Waals surface area contributed by atoms with Gasteiger partial charge in [-0.25, -0.2) is 4.98 Å².